The van der Waals surface area contributed by atoms with Crippen molar-refractivity contribution in [1.29, 1.82) is 0 Å². The van der Waals surface area contributed by atoms with Gasteiger partial charge in [-0.3, -0.25) is 4.79 Å². The molecule has 6 heteroatoms. The molecule has 0 bridgehead atoms. The van der Waals surface area contributed by atoms with E-state index in [9.17, 15) is 17.6 Å². The van der Waals surface area contributed by atoms with Crippen molar-refractivity contribution in [2.75, 3.05) is 4.90 Å². The number of Topliss-reactive ketones (excluding diaryl/α,β-unsaturated/α-hetero) is 1. The van der Waals surface area contributed by atoms with Crippen molar-refractivity contribution in [2.24, 2.45) is 0 Å². The minimum Gasteiger partial charge on any atom is -0.314 e. The number of anilines is 2. The highest BCUT2D eigenvalue weighted by molar-refractivity contribution is 7.96. The molecule has 3 aromatic carbocycles. The van der Waals surface area contributed by atoms with Crippen LogP contribution in [0.4, 0.5) is 15.8 Å². The Labute approximate surface area is 162 Å². The van der Waals surface area contributed by atoms with Crippen LogP contribution in [0.1, 0.15) is 15.9 Å². The van der Waals surface area contributed by atoms with Crippen LogP contribution in [0.5, 0.6) is 0 Å². The van der Waals surface area contributed by atoms with Gasteiger partial charge in [-0.25, -0.2) is 12.8 Å². The van der Waals surface area contributed by atoms with Crippen LogP contribution in [0, 0.1) is 12.7 Å². The molecule has 1 aliphatic heterocycles. The third-order valence-corrected chi connectivity index (χ3v) is 6.37. The lowest BCUT2D eigenvalue weighted by Gasteiger charge is -2.28. The normalized spacial score (nSPS) is 14.9. The molecule has 0 aliphatic carbocycles. The molecule has 0 atom stereocenters. The number of aryl methyl sites for hydroxylation is 1. The predicted molar refractivity (Wildman–Crippen MR) is 106 cm³/mol. The molecule has 0 saturated carbocycles. The fraction of sp³-hybridized carbons (Fsp3) is 0.0455. The summed E-state index contributed by atoms with van der Waals surface area (Å²) in [4.78, 5) is 14.2. The predicted octanol–water partition coefficient (Wildman–Crippen LogP) is 4.78. The second-order valence-corrected chi connectivity index (χ2v) is 8.40. The molecule has 0 fully saturated rings. The van der Waals surface area contributed by atoms with Crippen molar-refractivity contribution >= 4 is 27.0 Å². The second kappa shape index (κ2) is 6.73. The van der Waals surface area contributed by atoms with Gasteiger partial charge in [0.2, 0.25) is 15.6 Å². The average Bonchev–Trinajstić information content (AvgIpc) is 2.68. The molecule has 0 N–H and O–H groups in total. The Morgan fingerprint density at radius 1 is 0.929 bits per heavy atom. The van der Waals surface area contributed by atoms with E-state index < -0.39 is 21.4 Å². The van der Waals surface area contributed by atoms with Gasteiger partial charge < -0.3 is 4.90 Å². The van der Waals surface area contributed by atoms with Gasteiger partial charge in [0, 0.05) is 17.5 Å². The van der Waals surface area contributed by atoms with Gasteiger partial charge in [0.05, 0.1) is 10.6 Å². The summed E-state index contributed by atoms with van der Waals surface area (Å²) in [6, 6.07) is 18.9. The van der Waals surface area contributed by atoms with E-state index in [1.54, 1.807) is 48.5 Å². The number of hydrogen-bond acceptors (Lipinski definition) is 4. The van der Waals surface area contributed by atoms with Crippen molar-refractivity contribution in [3.63, 3.8) is 0 Å². The highest BCUT2D eigenvalue weighted by Crippen LogP contribution is 2.40. The van der Waals surface area contributed by atoms with E-state index in [0.717, 1.165) is 5.56 Å². The highest BCUT2D eigenvalue weighted by Gasteiger charge is 2.36. The lowest BCUT2D eigenvalue weighted by molar-refractivity contribution is 0.104. The summed E-state index contributed by atoms with van der Waals surface area (Å²) in [5.74, 6) is -1.06. The van der Waals surface area contributed by atoms with Gasteiger partial charge in [-0.05, 0) is 37.3 Å². The minimum atomic E-state index is -4.02. The van der Waals surface area contributed by atoms with Crippen LogP contribution >= 0.6 is 0 Å². The lowest BCUT2D eigenvalue weighted by atomic mass is 10.1. The summed E-state index contributed by atoms with van der Waals surface area (Å²) in [6.07, 6.45) is 1.27. The molecule has 140 valence electrons. The number of nitrogens with zero attached hydrogens (tertiary/aromatic N) is 1. The van der Waals surface area contributed by atoms with Gasteiger partial charge in [0.1, 0.15) is 10.7 Å². The molecule has 0 unspecified atom stereocenters. The number of fused-ring (bicyclic) bond motifs is 1. The maximum Gasteiger partial charge on any atom is 0.214 e. The number of halogens is 1. The molecular weight excluding hydrogens is 377 g/mol. The molecule has 1 aliphatic rings. The van der Waals surface area contributed by atoms with E-state index in [0.29, 0.717) is 11.4 Å². The van der Waals surface area contributed by atoms with E-state index in [2.05, 4.69) is 0 Å². The Hall–Kier alpha value is -3.25. The molecule has 4 rings (SSSR count). The van der Waals surface area contributed by atoms with Crippen LogP contribution < -0.4 is 4.90 Å². The van der Waals surface area contributed by atoms with Crippen LogP contribution in [0.25, 0.3) is 0 Å². The number of allylic oxidation sites excluding steroid dienone is 1. The summed E-state index contributed by atoms with van der Waals surface area (Å²) in [5, 5.41) is 0. The van der Waals surface area contributed by atoms with Crippen molar-refractivity contribution in [2.45, 2.75) is 11.8 Å². The monoisotopic (exact) mass is 393 g/mol. The molecule has 0 amide bonds. The summed E-state index contributed by atoms with van der Waals surface area (Å²) in [6.45, 7) is 1.88. The first-order valence-corrected chi connectivity index (χ1v) is 10.1. The first kappa shape index (κ1) is 18.1. The fourth-order valence-electron chi connectivity index (χ4n) is 3.13. The molecule has 0 saturated heterocycles. The maximum atomic E-state index is 13.8. The summed E-state index contributed by atoms with van der Waals surface area (Å²) in [5.41, 5.74) is 2.04. The number of sulfone groups is 1. The molecular formula is C22H16FNO3S. The Bertz CT molecular complexity index is 1210. The number of carbonyl (C=O) groups excluding carboxylic acids is 1. The van der Waals surface area contributed by atoms with Crippen molar-refractivity contribution in [3.8, 4) is 0 Å². The van der Waals surface area contributed by atoms with Crippen LogP contribution in [0.2, 0.25) is 0 Å². The minimum absolute atomic E-state index is 0.0113. The maximum absolute atomic E-state index is 13.8. The summed E-state index contributed by atoms with van der Waals surface area (Å²) < 4.78 is 40.1. The van der Waals surface area contributed by atoms with Crippen LogP contribution in [-0.4, -0.2) is 14.2 Å². The number of hydrogen-bond donors (Lipinski definition) is 0. The Balaban J connectivity index is 1.92. The van der Waals surface area contributed by atoms with E-state index >= 15 is 0 Å². The third-order valence-electron chi connectivity index (χ3n) is 4.57. The quantitative estimate of drug-likeness (QED) is 0.601. The second-order valence-electron chi connectivity index (χ2n) is 6.51. The Kier molecular flexibility index (Phi) is 4.35. The molecule has 0 aromatic heterocycles. The number of para-hydroxylation sites is 1. The van der Waals surface area contributed by atoms with Gasteiger partial charge in [0.15, 0.2) is 0 Å². The standard InChI is InChI=1S/C22H16FNO3S/c1-15-9-11-16(12-10-15)22(25)21-14-24(18-6-4-5-17(23)13-18)19-7-2-3-8-20(19)28(21,26)27/h2-14H,1H3. The highest BCUT2D eigenvalue weighted by atomic mass is 32.2. The number of rotatable bonds is 3. The smallest absolute Gasteiger partial charge is 0.214 e. The molecule has 4 nitrogen and oxygen atoms in total. The number of benzene rings is 3. The van der Waals surface area contributed by atoms with Gasteiger partial charge in [0.25, 0.3) is 0 Å². The Morgan fingerprint density at radius 2 is 1.64 bits per heavy atom. The first-order chi connectivity index (χ1) is 13.4. The molecule has 1 heterocycles. The van der Waals surface area contributed by atoms with E-state index in [4.69, 9.17) is 0 Å². The van der Waals surface area contributed by atoms with Gasteiger partial charge in [-0.1, -0.05) is 48.0 Å². The van der Waals surface area contributed by atoms with Gasteiger partial charge >= 0.3 is 0 Å². The SMILES string of the molecule is Cc1ccc(C(=O)C2=CN(c3cccc(F)c3)c3ccccc3S2(=O)=O)cc1. The molecule has 0 radical (unpaired) electrons. The van der Waals surface area contributed by atoms with E-state index in [-0.39, 0.29) is 15.4 Å². The van der Waals surface area contributed by atoms with Gasteiger partial charge in [-0.2, -0.15) is 0 Å². The van der Waals surface area contributed by atoms with Gasteiger partial charge in [-0.15, -0.1) is 0 Å². The van der Waals surface area contributed by atoms with Crippen molar-refractivity contribution in [3.05, 3.63) is 101 Å². The topological polar surface area (TPSA) is 54.5 Å². The number of carbonyl (C=O) groups is 1. The van der Waals surface area contributed by atoms with E-state index in [1.807, 2.05) is 6.92 Å². The molecule has 3 aromatic rings. The summed E-state index contributed by atoms with van der Waals surface area (Å²) >= 11 is 0. The van der Waals surface area contributed by atoms with Crippen LogP contribution in [0.3, 0.4) is 0 Å². The first-order valence-electron chi connectivity index (χ1n) is 8.60. The third kappa shape index (κ3) is 3.01. The van der Waals surface area contributed by atoms with Crippen molar-refractivity contribution < 1.29 is 17.6 Å². The van der Waals surface area contributed by atoms with Crippen LogP contribution in [0.15, 0.2) is 88.8 Å². The number of ketones is 1. The van der Waals surface area contributed by atoms with Crippen LogP contribution in [-0.2, 0) is 9.84 Å². The molecule has 0 spiro atoms. The van der Waals surface area contributed by atoms with Crippen molar-refractivity contribution in [1.82, 2.24) is 0 Å². The fourth-order valence-corrected chi connectivity index (χ4v) is 4.67. The zero-order valence-corrected chi connectivity index (χ0v) is 15.8. The lowest BCUT2D eigenvalue weighted by Crippen LogP contribution is -2.25. The Morgan fingerprint density at radius 3 is 2.36 bits per heavy atom. The summed E-state index contributed by atoms with van der Waals surface area (Å²) in [7, 11) is -4.02. The zero-order valence-electron chi connectivity index (χ0n) is 15.0. The largest absolute Gasteiger partial charge is 0.314 e. The average molecular weight is 393 g/mol. The zero-order chi connectivity index (χ0) is 19.9. The molecule has 28 heavy (non-hydrogen) atoms. The van der Waals surface area contributed by atoms with E-state index in [1.165, 1.54) is 35.4 Å².